The van der Waals surface area contributed by atoms with E-state index in [0.717, 1.165) is 35.9 Å². The number of benzene rings is 1. The predicted molar refractivity (Wildman–Crippen MR) is 58.2 cm³/mol. The first kappa shape index (κ1) is 8.47. The molecule has 0 unspecified atom stereocenters. The van der Waals surface area contributed by atoms with Gasteiger partial charge in [-0.3, -0.25) is 0 Å². The van der Waals surface area contributed by atoms with E-state index >= 15 is 0 Å². The Morgan fingerprint density at radius 1 is 1.27 bits per heavy atom. The van der Waals surface area contributed by atoms with Crippen LogP contribution < -0.4 is 5.73 Å². The quantitative estimate of drug-likeness (QED) is 0.709. The normalized spacial score (nSPS) is 14.1. The Morgan fingerprint density at radius 3 is 3.07 bits per heavy atom. The van der Waals surface area contributed by atoms with Gasteiger partial charge in [0.25, 0.3) is 0 Å². The first-order valence-electron chi connectivity index (χ1n) is 5.12. The van der Waals surface area contributed by atoms with E-state index in [9.17, 15) is 0 Å². The van der Waals surface area contributed by atoms with Crippen LogP contribution in [0.15, 0.2) is 24.3 Å². The van der Waals surface area contributed by atoms with Gasteiger partial charge in [0.15, 0.2) is 5.82 Å². The van der Waals surface area contributed by atoms with Crippen molar-refractivity contribution in [2.75, 3.05) is 5.73 Å². The van der Waals surface area contributed by atoms with E-state index in [1.165, 1.54) is 6.42 Å². The minimum absolute atomic E-state index is 0.767. The molecule has 1 aromatic heterocycles. The van der Waals surface area contributed by atoms with Crippen molar-refractivity contribution < 1.29 is 0 Å². The lowest BCUT2D eigenvalue weighted by atomic mass is 10.2. The second-order valence-electron chi connectivity index (χ2n) is 3.82. The fourth-order valence-electron chi connectivity index (χ4n) is 2.04. The van der Waals surface area contributed by atoms with Gasteiger partial charge in [-0.25, -0.2) is 0 Å². The van der Waals surface area contributed by atoms with E-state index < -0.39 is 0 Å². The number of hydrogen-bond donors (Lipinski definition) is 1. The molecule has 0 atom stereocenters. The molecule has 2 aromatic rings. The zero-order valence-electron chi connectivity index (χ0n) is 8.35. The Bertz CT molecular complexity index is 501. The summed E-state index contributed by atoms with van der Waals surface area (Å²) in [6, 6.07) is 7.79. The Kier molecular flexibility index (Phi) is 1.74. The number of nitrogen functional groups attached to an aromatic ring is 1. The van der Waals surface area contributed by atoms with E-state index in [4.69, 9.17) is 5.73 Å². The summed E-state index contributed by atoms with van der Waals surface area (Å²) in [5.74, 6) is 2.03. The topological polar surface area (TPSA) is 56.7 Å². The fourth-order valence-corrected chi connectivity index (χ4v) is 2.04. The summed E-state index contributed by atoms with van der Waals surface area (Å²) in [6.45, 7) is 1.02. The number of nitrogens with zero attached hydrogens (tertiary/aromatic N) is 3. The largest absolute Gasteiger partial charge is 0.399 e. The van der Waals surface area contributed by atoms with Gasteiger partial charge in [-0.15, -0.1) is 10.2 Å². The maximum Gasteiger partial charge on any atom is 0.164 e. The Balaban J connectivity index is 2.13. The van der Waals surface area contributed by atoms with E-state index in [1.807, 2.05) is 24.3 Å². The van der Waals surface area contributed by atoms with Crippen LogP contribution in [-0.2, 0) is 13.0 Å². The SMILES string of the molecule is Nc1cccc(-c2nnc3n2CCC3)c1. The highest BCUT2D eigenvalue weighted by atomic mass is 15.3. The lowest BCUT2D eigenvalue weighted by Gasteiger charge is -2.03. The third-order valence-electron chi connectivity index (χ3n) is 2.75. The van der Waals surface area contributed by atoms with Crippen LogP contribution in [0, 0.1) is 0 Å². The molecule has 2 N–H and O–H groups in total. The first-order chi connectivity index (χ1) is 7.34. The Morgan fingerprint density at radius 2 is 2.20 bits per heavy atom. The van der Waals surface area contributed by atoms with Gasteiger partial charge in [0.1, 0.15) is 5.82 Å². The van der Waals surface area contributed by atoms with Crippen LogP contribution in [0.3, 0.4) is 0 Å². The van der Waals surface area contributed by atoms with Crippen LogP contribution in [0.4, 0.5) is 5.69 Å². The Labute approximate surface area is 87.7 Å². The van der Waals surface area contributed by atoms with Gasteiger partial charge in [0, 0.05) is 24.2 Å². The Hall–Kier alpha value is -1.84. The number of hydrogen-bond acceptors (Lipinski definition) is 3. The molecule has 1 aliphatic rings. The molecular formula is C11H12N4. The molecule has 1 aromatic carbocycles. The summed E-state index contributed by atoms with van der Waals surface area (Å²) in [7, 11) is 0. The van der Waals surface area contributed by atoms with Gasteiger partial charge < -0.3 is 10.3 Å². The highest BCUT2D eigenvalue weighted by molar-refractivity contribution is 5.61. The van der Waals surface area contributed by atoms with E-state index in [2.05, 4.69) is 14.8 Å². The van der Waals surface area contributed by atoms with Gasteiger partial charge >= 0.3 is 0 Å². The zero-order chi connectivity index (χ0) is 10.3. The molecule has 0 saturated carbocycles. The van der Waals surface area contributed by atoms with Crippen molar-refractivity contribution in [1.82, 2.24) is 14.8 Å². The number of anilines is 1. The van der Waals surface area contributed by atoms with Gasteiger partial charge in [-0.1, -0.05) is 12.1 Å². The molecule has 0 aliphatic carbocycles. The predicted octanol–water partition coefficient (Wildman–Crippen LogP) is 1.47. The summed E-state index contributed by atoms with van der Waals surface area (Å²) < 4.78 is 2.18. The maximum absolute atomic E-state index is 5.75. The molecule has 0 spiro atoms. The van der Waals surface area contributed by atoms with Gasteiger partial charge in [0.2, 0.25) is 0 Å². The van der Waals surface area contributed by atoms with Crippen LogP contribution in [-0.4, -0.2) is 14.8 Å². The second kappa shape index (κ2) is 3.08. The lowest BCUT2D eigenvalue weighted by Crippen LogP contribution is -1.96. The molecule has 0 saturated heterocycles. The van der Waals surface area contributed by atoms with Crippen molar-refractivity contribution in [2.45, 2.75) is 19.4 Å². The van der Waals surface area contributed by atoms with Crippen molar-refractivity contribution in [1.29, 1.82) is 0 Å². The monoisotopic (exact) mass is 200 g/mol. The maximum atomic E-state index is 5.75. The molecule has 1 aliphatic heterocycles. The number of aromatic nitrogens is 3. The molecule has 0 radical (unpaired) electrons. The van der Waals surface area contributed by atoms with Crippen LogP contribution in [0.2, 0.25) is 0 Å². The van der Waals surface area contributed by atoms with Gasteiger partial charge in [0.05, 0.1) is 0 Å². The highest BCUT2D eigenvalue weighted by Gasteiger charge is 2.17. The average Bonchev–Trinajstić information content (AvgIpc) is 2.77. The highest BCUT2D eigenvalue weighted by Crippen LogP contribution is 2.24. The van der Waals surface area contributed by atoms with E-state index in [0.29, 0.717) is 0 Å². The summed E-state index contributed by atoms with van der Waals surface area (Å²) >= 11 is 0. The molecule has 0 amide bonds. The minimum Gasteiger partial charge on any atom is -0.399 e. The molecular weight excluding hydrogens is 188 g/mol. The molecule has 76 valence electrons. The third-order valence-corrected chi connectivity index (χ3v) is 2.75. The smallest absolute Gasteiger partial charge is 0.164 e. The van der Waals surface area contributed by atoms with Crippen molar-refractivity contribution in [2.24, 2.45) is 0 Å². The van der Waals surface area contributed by atoms with Crippen LogP contribution >= 0.6 is 0 Å². The zero-order valence-corrected chi connectivity index (χ0v) is 8.35. The molecule has 3 rings (SSSR count). The molecule has 2 heterocycles. The number of fused-ring (bicyclic) bond motifs is 1. The average molecular weight is 200 g/mol. The van der Waals surface area contributed by atoms with Gasteiger partial charge in [-0.05, 0) is 18.6 Å². The molecule has 4 heteroatoms. The van der Waals surface area contributed by atoms with E-state index in [1.54, 1.807) is 0 Å². The summed E-state index contributed by atoms with van der Waals surface area (Å²) in [4.78, 5) is 0. The second-order valence-corrected chi connectivity index (χ2v) is 3.82. The van der Waals surface area contributed by atoms with Crippen molar-refractivity contribution in [3.63, 3.8) is 0 Å². The van der Waals surface area contributed by atoms with Gasteiger partial charge in [-0.2, -0.15) is 0 Å². The van der Waals surface area contributed by atoms with Crippen molar-refractivity contribution >= 4 is 5.69 Å². The number of nitrogens with two attached hydrogens (primary N) is 1. The minimum atomic E-state index is 0.767. The number of rotatable bonds is 1. The van der Waals surface area contributed by atoms with Crippen molar-refractivity contribution in [3.05, 3.63) is 30.1 Å². The summed E-state index contributed by atoms with van der Waals surface area (Å²) in [6.07, 6.45) is 2.20. The number of aryl methyl sites for hydroxylation is 1. The standard InChI is InChI=1S/C11H12N4/c12-9-4-1-3-8(7-9)11-14-13-10-5-2-6-15(10)11/h1,3-4,7H,2,5-6,12H2. The molecule has 0 bridgehead atoms. The van der Waals surface area contributed by atoms with Crippen molar-refractivity contribution in [3.8, 4) is 11.4 Å². The van der Waals surface area contributed by atoms with Crippen LogP contribution in [0.1, 0.15) is 12.2 Å². The van der Waals surface area contributed by atoms with Crippen LogP contribution in [0.5, 0.6) is 0 Å². The molecule has 0 fully saturated rings. The molecule has 15 heavy (non-hydrogen) atoms. The first-order valence-corrected chi connectivity index (χ1v) is 5.12. The summed E-state index contributed by atoms with van der Waals surface area (Å²) in [5, 5.41) is 8.38. The fraction of sp³-hybridized carbons (Fsp3) is 0.273. The lowest BCUT2D eigenvalue weighted by molar-refractivity contribution is 0.748. The molecule has 4 nitrogen and oxygen atoms in total. The summed E-state index contributed by atoms with van der Waals surface area (Å²) in [5.41, 5.74) is 7.57. The van der Waals surface area contributed by atoms with E-state index in [-0.39, 0.29) is 0 Å². The third kappa shape index (κ3) is 1.29. The van der Waals surface area contributed by atoms with Crippen LogP contribution in [0.25, 0.3) is 11.4 Å².